The monoisotopic (exact) mass is 237 g/mol. The van der Waals surface area contributed by atoms with E-state index in [1.807, 2.05) is 0 Å². The standard InChI is InChI=1S/C12H12FNO3/c1-17-11(16)5-10(15)7-6-14-9-4-2-3-8(13)12(7)9/h2-4,6,10,14-15H,5H2,1H3. The predicted molar refractivity (Wildman–Crippen MR) is 59.8 cm³/mol. The largest absolute Gasteiger partial charge is 0.469 e. The third kappa shape index (κ3) is 2.14. The lowest BCUT2D eigenvalue weighted by Gasteiger charge is -2.08. The van der Waals surface area contributed by atoms with Crippen molar-refractivity contribution in [2.75, 3.05) is 7.11 Å². The Morgan fingerprint density at radius 1 is 1.59 bits per heavy atom. The topological polar surface area (TPSA) is 62.3 Å². The van der Waals surface area contributed by atoms with Crippen LogP contribution in [0.2, 0.25) is 0 Å². The average Bonchev–Trinajstić information content (AvgIpc) is 2.74. The zero-order valence-corrected chi connectivity index (χ0v) is 9.24. The molecular weight excluding hydrogens is 225 g/mol. The average molecular weight is 237 g/mol. The number of aromatic amines is 1. The summed E-state index contributed by atoms with van der Waals surface area (Å²) >= 11 is 0. The molecule has 1 aromatic carbocycles. The third-order valence-electron chi connectivity index (χ3n) is 2.63. The lowest BCUT2D eigenvalue weighted by Crippen LogP contribution is -2.07. The van der Waals surface area contributed by atoms with Crippen LogP contribution in [-0.4, -0.2) is 23.2 Å². The van der Waals surface area contributed by atoms with E-state index in [2.05, 4.69) is 9.72 Å². The molecule has 90 valence electrons. The van der Waals surface area contributed by atoms with Gasteiger partial charge in [-0.3, -0.25) is 4.79 Å². The quantitative estimate of drug-likeness (QED) is 0.801. The van der Waals surface area contributed by atoms with Crippen molar-refractivity contribution < 1.29 is 19.0 Å². The summed E-state index contributed by atoms with van der Waals surface area (Å²) in [6.45, 7) is 0. The zero-order valence-electron chi connectivity index (χ0n) is 9.24. The number of benzene rings is 1. The Morgan fingerprint density at radius 3 is 3.06 bits per heavy atom. The van der Waals surface area contributed by atoms with Crippen molar-refractivity contribution in [1.29, 1.82) is 0 Å². The van der Waals surface area contributed by atoms with Gasteiger partial charge in [0.2, 0.25) is 0 Å². The number of aliphatic hydroxyl groups excluding tert-OH is 1. The lowest BCUT2D eigenvalue weighted by molar-refractivity contribution is -0.142. The van der Waals surface area contributed by atoms with Crippen LogP contribution in [0.25, 0.3) is 10.9 Å². The van der Waals surface area contributed by atoms with Crippen LogP contribution in [0.5, 0.6) is 0 Å². The first-order valence-corrected chi connectivity index (χ1v) is 5.14. The van der Waals surface area contributed by atoms with Crippen molar-refractivity contribution in [3.8, 4) is 0 Å². The highest BCUT2D eigenvalue weighted by molar-refractivity contribution is 5.84. The number of carbonyl (C=O) groups is 1. The Kier molecular flexibility index (Phi) is 3.10. The van der Waals surface area contributed by atoms with E-state index in [1.165, 1.54) is 19.4 Å². The van der Waals surface area contributed by atoms with Crippen LogP contribution in [0.15, 0.2) is 24.4 Å². The molecule has 1 atom stereocenters. The van der Waals surface area contributed by atoms with Crippen LogP contribution in [0.3, 0.4) is 0 Å². The number of hydrogen-bond donors (Lipinski definition) is 2. The number of hydrogen-bond acceptors (Lipinski definition) is 3. The second-order valence-electron chi connectivity index (χ2n) is 3.70. The molecule has 0 saturated carbocycles. The van der Waals surface area contributed by atoms with Crippen LogP contribution in [0, 0.1) is 5.82 Å². The minimum absolute atomic E-state index is 0.197. The summed E-state index contributed by atoms with van der Waals surface area (Å²) in [6, 6.07) is 4.59. The minimum Gasteiger partial charge on any atom is -0.469 e. The lowest BCUT2D eigenvalue weighted by atomic mass is 10.1. The van der Waals surface area contributed by atoms with E-state index < -0.39 is 17.9 Å². The van der Waals surface area contributed by atoms with Crippen molar-refractivity contribution in [2.45, 2.75) is 12.5 Å². The maximum atomic E-state index is 13.6. The third-order valence-corrected chi connectivity index (χ3v) is 2.63. The molecule has 1 aromatic heterocycles. The van der Waals surface area contributed by atoms with Crippen LogP contribution < -0.4 is 0 Å². The van der Waals surface area contributed by atoms with Gasteiger partial charge in [-0.15, -0.1) is 0 Å². The first kappa shape index (κ1) is 11.6. The highest BCUT2D eigenvalue weighted by Crippen LogP contribution is 2.28. The van der Waals surface area contributed by atoms with Gasteiger partial charge in [-0.1, -0.05) is 6.07 Å². The van der Waals surface area contributed by atoms with Gasteiger partial charge in [-0.2, -0.15) is 0 Å². The van der Waals surface area contributed by atoms with Gasteiger partial charge in [-0.05, 0) is 12.1 Å². The van der Waals surface area contributed by atoms with Gasteiger partial charge >= 0.3 is 5.97 Å². The molecule has 2 rings (SSSR count). The number of H-pyrrole nitrogens is 1. The molecule has 0 fully saturated rings. The molecule has 0 spiro atoms. The number of esters is 1. The number of aromatic nitrogens is 1. The first-order chi connectivity index (χ1) is 8.13. The summed E-state index contributed by atoms with van der Waals surface area (Å²) in [4.78, 5) is 13.9. The SMILES string of the molecule is COC(=O)CC(O)c1c[nH]c2cccc(F)c12. The van der Waals surface area contributed by atoms with Gasteiger partial charge in [0, 0.05) is 22.7 Å². The summed E-state index contributed by atoms with van der Waals surface area (Å²) in [5.41, 5.74) is 0.951. The number of nitrogens with one attached hydrogen (secondary N) is 1. The summed E-state index contributed by atoms with van der Waals surface area (Å²) in [5, 5.41) is 10.2. The molecule has 0 aliphatic heterocycles. The highest BCUT2D eigenvalue weighted by atomic mass is 19.1. The first-order valence-electron chi connectivity index (χ1n) is 5.14. The van der Waals surface area contributed by atoms with Crippen molar-refractivity contribution in [2.24, 2.45) is 0 Å². The van der Waals surface area contributed by atoms with Crippen LogP contribution in [0.1, 0.15) is 18.1 Å². The number of halogens is 1. The number of carbonyl (C=O) groups excluding carboxylic acids is 1. The molecular formula is C12H12FNO3. The smallest absolute Gasteiger partial charge is 0.308 e. The summed E-state index contributed by atoms with van der Waals surface area (Å²) in [6.07, 6.45) is 0.229. The van der Waals surface area contributed by atoms with Gasteiger partial charge in [0.05, 0.1) is 19.6 Å². The Balaban J connectivity index is 2.38. The van der Waals surface area contributed by atoms with Crippen molar-refractivity contribution >= 4 is 16.9 Å². The molecule has 1 heterocycles. The molecule has 0 saturated heterocycles. The van der Waals surface area contributed by atoms with Gasteiger partial charge in [0.1, 0.15) is 5.82 Å². The van der Waals surface area contributed by atoms with E-state index in [0.29, 0.717) is 16.5 Å². The van der Waals surface area contributed by atoms with E-state index in [9.17, 15) is 14.3 Å². The summed E-state index contributed by atoms with van der Waals surface area (Å²) in [7, 11) is 1.24. The maximum absolute atomic E-state index is 13.6. The fraction of sp³-hybridized carbons (Fsp3) is 0.250. The Bertz CT molecular complexity index is 550. The molecule has 2 aromatic rings. The molecule has 5 heteroatoms. The van der Waals surface area contributed by atoms with Crippen molar-refractivity contribution in [3.63, 3.8) is 0 Å². The number of aliphatic hydroxyl groups is 1. The fourth-order valence-electron chi connectivity index (χ4n) is 1.78. The Labute approximate surface area is 97.0 Å². The molecule has 2 N–H and O–H groups in total. The van der Waals surface area contributed by atoms with Gasteiger partial charge in [0.15, 0.2) is 0 Å². The van der Waals surface area contributed by atoms with E-state index >= 15 is 0 Å². The number of rotatable bonds is 3. The van der Waals surface area contributed by atoms with Gasteiger partial charge < -0.3 is 14.8 Å². The highest BCUT2D eigenvalue weighted by Gasteiger charge is 2.18. The zero-order chi connectivity index (χ0) is 12.4. The molecule has 0 bridgehead atoms. The van der Waals surface area contributed by atoms with E-state index in [0.717, 1.165) is 0 Å². The molecule has 0 amide bonds. The van der Waals surface area contributed by atoms with E-state index in [4.69, 9.17) is 0 Å². The minimum atomic E-state index is -1.08. The summed E-state index contributed by atoms with van der Waals surface area (Å²) < 4.78 is 18.1. The van der Waals surface area contributed by atoms with Crippen LogP contribution in [-0.2, 0) is 9.53 Å². The molecule has 1 unspecified atom stereocenters. The fourth-order valence-corrected chi connectivity index (χ4v) is 1.78. The predicted octanol–water partition coefficient (Wildman–Crippen LogP) is 1.90. The second kappa shape index (κ2) is 4.55. The number of methoxy groups -OCH3 is 1. The van der Waals surface area contributed by atoms with Crippen molar-refractivity contribution in [3.05, 3.63) is 35.8 Å². The Morgan fingerprint density at radius 2 is 2.35 bits per heavy atom. The van der Waals surface area contributed by atoms with Gasteiger partial charge in [-0.25, -0.2) is 4.39 Å². The molecule has 0 aliphatic carbocycles. The molecule has 0 aliphatic rings. The van der Waals surface area contributed by atoms with E-state index in [-0.39, 0.29) is 6.42 Å². The maximum Gasteiger partial charge on any atom is 0.308 e. The van der Waals surface area contributed by atoms with Crippen LogP contribution >= 0.6 is 0 Å². The number of ether oxygens (including phenoxy) is 1. The molecule has 0 radical (unpaired) electrons. The molecule has 4 nitrogen and oxygen atoms in total. The Hall–Kier alpha value is -1.88. The normalized spacial score (nSPS) is 12.6. The van der Waals surface area contributed by atoms with E-state index in [1.54, 1.807) is 12.1 Å². The van der Waals surface area contributed by atoms with Crippen LogP contribution in [0.4, 0.5) is 4.39 Å². The van der Waals surface area contributed by atoms with Crippen molar-refractivity contribution in [1.82, 2.24) is 4.98 Å². The van der Waals surface area contributed by atoms with Gasteiger partial charge in [0.25, 0.3) is 0 Å². The summed E-state index contributed by atoms with van der Waals surface area (Å²) in [5.74, 6) is -0.967. The number of fused-ring (bicyclic) bond motifs is 1. The molecule has 17 heavy (non-hydrogen) atoms. The second-order valence-corrected chi connectivity index (χ2v) is 3.70.